The summed E-state index contributed by atoms with van der Waals surface area (Å²) in [6.45, 7) is 1.61. The lowest BCUT2D eigenvalue weighted by atomic mass is 10.3. The minimum atomic E-state index is 0.0376. The summed E-state index contributed by atoms with van der Waals surface area (Å²) in [5.74, 6) is 2.06. The molecule has 80 valence electrons. The second-order valence-electron chi connectivity index (χ2n) is 3.70. The van der Waals surface area contributed by atoms with Crippen LogP contribution in [-0.4, -0.2) is 54.8 Å². The molecule has 2 unspecified atom stereocenters. The van der Waals surface area contributed by atoms with E-state index in [0.717, 1.165) is 31.1 Å². The van der Waals surface area contributed by atoms with Gasteiger partial charge >= 0.3 is 0 Å². The number of hydrogen-bond acceptors (Lipinski definition) is 4. The van der Waals surface area contributed by atoms with E-state index in [1.807, 2.05) is 4.90 Å². The number of nitrogens with zero attached hydrogens (tertiary/aromatic N) is 1. The highest BCUT2D eigenvalue weighted by atomic mass is 32.2. The Bertz CT molecular complexity index is 219. The minimum Gasteiger partial charge on any atom is -0.380 e. The molecule has 1 N–H and O–H groups in total. The summed E-state index contributed by atoms with van der Waals surface area (Å²) in [6.07, 6.45) is 1.22. The normalized spacial score (nSPS) is 32.5. The van der Waals surface area contributed by atoms with Crippen LogP contribution in [0.1, 0.15) is 6.42 Å². The van der Waals surface area contributed by atoms with Gasteiger partial charge in [-0.15, -0.1) is 11.8 Å². The summed E-state index contributed by atoms with van der Waals surface area (Å²) in [5, 5.41) is 3.20. The van der Waals surface area contributed by atoms with Gasteiger partial charge in [0.15, 0.2) is 0 Å². The minimum absolute atomic E-state index is 0.0376. The lowest BCUT2D eigenvalue weighted by Crippen LogP contribution is -2.44. The van der Waals surface area contributed by atoms with Crippen molar-refractivity contribution < 1.29 is 9.53 Å². The van der Waals surface area contributed by atoms with Crippen LogP contribution in [0.4, 0.5) is 0 Å². The third-order valence-electron chi connectivity index (χ3n) is 2.80. The molecule has 2 rings (SSSR count). The van der Waals surface area contributed by atoms with Gasteiger partial charge in [-0.1, -0.05) is 0 Å². The average molecular weight is 216 g/mol. The maximum atomic E-state index is 11.9. The first-order valence-corrected chi connectivity index (χ1v) is 6.09. The van der Waals surface area contributed by atoms with Crippen molar-refractivity contribution in [3.8, 4) is 0 Å². The zero-order valence-electron chi connectivity index (χ0n) is 8.36. The Morgan fingerprint density at radius 2 is 2.50 bits per heavy atom. The van der Waals surface area contributed by atoms with Crippen LogP contribution in [-0.2, 0) is 9.53 Å². The van der Waals surface area contributed by atoms with Gasteiger partial charge in [0.05, 0.1) is 12.1 Å². The number of ether oxygens (including phenoxy) is 1. The fourth-order valence-electron chi connectivity index (χ4n) is 1.89. The molecule has 0 aliphatic carbocycles. The first-order valence-electron chi connectivity index (χ1n) is 4.94. The van der Waals surface area contributed by atoms with Gasteiger partial charge in [0, 0.05) is 31.8 Å². The number of methoxy groups -OCH3 is 1. The Morgan fingerprint density at radius 3 is 3.07 bits per heavy atom. The predicted molar refractivity (Wildman–Crippen MR) is 56.2 cm³/mol. The highest BCUT2D eigenvalue weighted by molar-refractivity contribution is 7.99. The first-order chi connectivity index (χ1) is 6.81. The van der Waals surface area contributed by atoms with E-state index in [2.05, 4.69) is 5.32 Å². The van der Waals surface area contributed by atoms with E-state index in [0.29, 0.717) is 0 Å². The number of amides is 1. The molecule has 0 aromatic heterocycles. The van der Waals surface area contributed by atoms with E-state index in [-0.39, 0.29) is 18.1 Å². The summed E-state index contributed by atoms with van der Waals surface area (Å²) in [7, 11) is 1.71. The summed E-state index contributed by atoms with van der Waals surface area (Å²) in [5.41, 5.74) is 0. The number of hydrogen-bond donors (Lipinski definition) is 1. The van der Waals surface area contributed by atoms with Crippen LogP contribution < -0.4 is 5.32 Å². The molecule has 0 spiro atoms. The SMILES string of the molecule is COC1CCN(C(=O)C2CSCN2)C1. The van der Waals surface area contributed by atoms with Crippen molar-refractivity contribution in [1.82, 2.24) is 10.2 Å². The summed E-state index contributed by atoms with van der Waals surface area (Å²) >= 11 is 1.79. The van der Waals surface area contributed by atoms with Crippen molar-refractivity contribution in [2.45, 2.75) is 18.6 Å². The topological polar surface area (TPSA) is 41.6 Å². The number of carbonyl (C=O) groups is 1. The number of carbonyl (C=O) groups excluding carboxylic acids is 1. The molecule has 0 radical (unpaired) electrons. The lowest BCUT2D eigenvalue weighted by molar-refractivity contribution is -0.132. The van der Waals surface area contributed by atoms with Crippen LogP contribution in [0, 0.1) is 0 Å². The molecule has 0 aromatic rings. The third-order valence-corrected chi connectivity index (χ3v) is 3.74. The van der Waals surface area contributed by atoms with E-state index in [1.54, 1.807) is 18.9 Å². The zero-order valence-corrected chi connectivity index (χ0v) is 9.18. The van der Waals surface area contributed by atoms with Crippen LogP contribution in [0.2, 0.25) is 0 Å². The van der Waals surface area contributed by atoms with Crippen LogP contribution >= 0.6 is 11.8 Å². The van der Waals surface area contributed by atoms with Gasteiger partial charge in [0.25, 0.3) is 0 Å². The van der Waals surface area contributed by atoms with E-state index in [4.69, 9.17) is 4.74 Å². The molecule has 2 saturated heterocycles. The fourth-order valence-corrected chi connectivity index (χ4v) is 2.83. The van der Waals surface area contributed by atoms with Gasteiger partial charge < -0.3 is 9.64 Å². The fraction of sp³-hybridized carbons (Fsp3) is 0.889. The van der Waals surface area contributed by atoms with E-state index >= 15 is 0 Å². The Hall–Kier alpha value is -0.260. The first kappa shape index (κ1) is 10.3. The van der Waals surface area contributed by atoms with Crippen LogP contribution in [0.15, 0.2) is 0 Å². The molecule has 0 aromatic carbocycles. The molecule has 14 heavy (non-hydrogen) atoms. The Balaban J connectivity index is 1.86. The average Bonchev–Trinajstić information content (AvgIpc) is 2.88. The monoisotopic (exact) mass is 216 g/mol. The summed E-state index contributed by atoms with van der Waals surface area (Å²) < 4.78 is 5.23. The van der Waals surface area contributed by atoms with Gasteiger partial charge in [-0.05, 0) is 6.42 Å². The maximum absolute atomic E-state index is 11.9. The van der Waals surface area contributed by atoms with Crippen molar-refractivity contribution in [2.24, 2.45) is 0 Å². The smallest absolute Gasteiger partial charge is 0.240 e. The van der Waals surface area contributed by atoms with E-state index in [1.165, 1.54) is 0 Å². The van der Waals surface area contributed by atoms with Crippen LogP contribution in [0.5, 0.6) is 0 Å². The molecular weight excluding hydrogens is 200 g/mol. The van der Waals surface area contributed by atoms with E-state index in [9.17, 15) is 4.79 Å². The molecule has 0 bridgehead atoms. The molecular formula is C9H16N2O2S. The largest absolute Gasteiger partial charge is 0.380 e. The third kappa shape index (κ3) is 2.04. The maximum Gasteiger partial charge on any atom is 0.240 e. The molecule has 5 heteroatoms. The summed E-state index contributed by atoms with van der Waals surface area (Å²) in [6, 6.07) is 0.0376. The van der Waals surface area contributed by atoms with Gasteiger partial charge in [0.2, 0.25) is 5.91 Å². The lowest BCUT2D eigenvalue weighted by Gasteiger charge is -2.19. The standard InChI is InChI=1S/C9H16N2O2S/c1-13-7-2-3-11(4-7)9(12)8-5-14-6-10-8/h7-8,10H,2-6H2,1H3. The van der Waals surface area contributed by atoms with E-state index < -0.39 is 0 Å². The second-order valence-corrected chi connectivity index (χ2v) is 4.73. The predicted octanol–water partition coefficient (Wildman–Crippen LogP) is -0.104. The van der Waals surface area contributed by atoms with Crippen molar-refractivity contribution in [3.63, 3.8) is 0 Å². The van der Waals surface area contributed by atoms with Crippen LogP contribution in [0.3, 0.4) is 0 Å². The second kappa shape index (κ2) is 4.51. The van der Waals surface area contributed by atoms with Crippen molar-refractivity contribution in [2.75, 3.05) is 31.8 Å². The highest BCUT2D eigenvalue weighted by Crippen LogP contribution is 2.17. The van der Waals surface area contributed by atoms with Gasteiger partial charge in [0.1, 0.15) is 0 Å². The summed E-state index contributed by atoms with van der Waals surface area (Å²) in [4.78, 5) is 13.8. The molecule has 0 saturated carbocycles. The molecule has 1 amide bonds. The Kier molecular flexibility index (Phi) is 3.30. The quantitative estimate of drug-likeness (QED) is 0.699. The Labute approximate surface area is 88.4 Å². The van der Waals surface area contributed by atoms with Crippen molar-refractivity contribution >= 4 is 17.7 Å². The van der Waals surface area contributed by atoms with Gasteiger partial charge in [-0.2, -0.15) is 0 Å². The zero-order chi connectivity index (χ0) is 9.97. The van der Waals surface area contributed by atoms with Gasteiger partial charge in [-0.25, -0.2) is 0 Å². The van der Waals surface area contributed by atoms with Gasteiger partial charge in [-0.3, -0.25) is 10.1 Å². The molecule has 2 atom stereocenters. The van der Waals surface area contributed by atoms with Crippen molar-refractivity contribution in [3.05, 3.63) is 0 Å². The van der Waals surface area contributed by atoms with Crippen molar-refractivity contribution in [1.29, 1.82) is 0 Å². The number of likely N-dealkylation sites (tertiary alicyclic amines) is 1. The molecule has 4 nitrogen and oxygen atoms in total. The molecule has 2 aliphatic rings. The van der Waals surface area contributed by atoms with Crippen LogP contribution in [0.25, 0.3) is 0 Å². The molecule has 2 fully saturated rings. The number of rotatable bonds is 2. The molecule has 2 heterocycles. The number of thioether (sulfide) groups is 1. The Morgan fingerprint density at radius 1 is 1.64 bits per heavy atom. The highest BCUT2D eigenvalue weighted by Gasteiger charge is 2.32. The number of nitrogens with one attached hydrogen (secondary N) is 1. The molecule has 2 aliphatic heterocycles.